The SMILES string of the molecule is COc1ccc(-c2ccc(C(=O)NCc3ccc4c(c3)OCCCO4)c(=O)[nH]2)cc1OC. The van der Waals surface area contributed by atoms with Crippen LogP contribution in [0.15, 0.2) is 53.3 Å². The zero-order chi connectivity index (χ0) is 22.5. The maximum Gasteiger partial charge on any atom is 0.261 e. The number of ether oxygens (including phenoxy) is 4. The molecule has 166 valence electrons. The Bertz CT molecular complexity index is 1190. The number of amides is 1. The van der Waals surface area contributed by atoms with E-state index >= 15 is 0 Å². The van der Waals surface area contributed by atoms with E-state index < -0.39 is 11.5 Å². The van der Waals surface area contributed by atoms with Crippen molar-refractivity contribution in [3.8, 4) is 34.3 Å². The highest BCUT2D eigenvalue weighted by molar-refractivity contribution is 5.94. The van der Waals surface area contributed by atoms with Crippen LogP contribution in [0, 0.1) is 0 Å². The van der Waals surface area contributed by atoms with Crippen molar-refractivity contribution in [2.45, 2.75) is 13.0 Å². The molecule has 0 saturated heterocycles. The standard InChI is InChI=1S/C24H24N2O6/c1-29-19-9-5-16(13-21(19)30-2)18-7-6-17(24(28)26-18)23(27)25-14-15-4-8-20-22(12-15)32-11-3-10-31-20/h4-9,12-13H,3,10-11,14H2,1-2H3,(H,25,27)(H,26,28). The fourth-order valence-electron chi connectivity index (χ4n) is 3.42. The number of fused-ring (bicyclic) bond motifs is 1. The summed E-state index contributed by atoms with van der Waals surface area (Å²) in [6, 6.07) is 14.0. The topological polar surface area (TPSA) is 98.9 Å². The van der Waals surface area contributed by atoms with Gasteiger partial charge in [-0.1, -0.05) is 6.07 Å². The average Bonchev–Trinajstić information content (AvgIpc) is 3.07. The van der Waals surface area contributed by atoms with Crippen molar-refractivity contribution in [3.05, 3.63) is 70.0 Å². The number of hydrogen-bond acceptors (Lipinski definition) is 6. The van der Waals surface area contributed by atoms with Crippen LogP contribution in [0.5, 0.6) is 23.0 Å². The number of nitrogens with one attached hydrogen (secondary N) is 2. The van der Waals surface area contributed by atoms with Gasteiger partial charge >= 0.3 is 0 Å². The molecule has 8 heteroatoms. The second-order valence-electron chi connectivity index (χ2n) is 7.20. The van der Waals surface area contributed by atoms with E-state index in [-0.39, 0.29) is 12.1 Å². The van der Waals surface area contributed by atoms with Crippen LogP contribution in [0.25, 0.3) is 11.3 Å². The first-order valence-corrected chi connectivity index (χ1v) is 10.2. The molecule has 1 amide bonds. The van der Waals surface area contributed by atoms with Crippen LogP contribution < -0.4 is 29.8 Å². The van der Waals surface area contributed by atoms with Gasteiger partial charge in [-0.3, -0.25) is 9.59 Å². The normalized spacial score (nSPS) is 12.6. The summed E-state index contributed by atoms with van der Waals surface area (Å²) in [4.78, 5) is 27.9. The summed E-state index contributed by atoms with van der Waals surface area (Å²) in [5.74, 6) is 2.02. The van der Waals surface area contributed by atoms with E-state index in [2.05, 4.69) is 10.3 Å². The molecule has 0 saturated carbocycles. The van der Waals surface area contributed by atoms with E-state index in [1.54, 1.807) is 38.5 Å². The van der Waals surface area contributed by atoms with Crippen LogP contribution in [0.4, 0.5) is 0 Å². The number of carbonyl (C=O) groups is 1. The number of hydrogen-bond donors (Lipinski definition) is 2. The summed E-state index contributed by atoms with van der Waals surface area (Å²) in [5.41, 5.74) is 1.70. The lowest BCUT2D eigenvalue weighted by molar-refractivity contribution is 0.0949. The van der Waals surface area contributed by atoms with Gasteiger partial charge in [0, 0.05) is 24.2 Å². The Morgan fingerprint density at radius 3 is 2.50 bits per heavy atom. The molecule has 0 fully saturated rings. The number of aromatic amines is 1. The predicted octanol–water partition coefficient (Wildman–Crippen LogP) is 3.15. The Balaban J connectivity index is 1.47. The maximum atomic E-state index is 12.6. The van der Waals surface area contributed by atoms with Gasteiger partial charge in [0.2, 0.25) is 0 Å². The van der Waals surface area contributed by atoms with E-state index in [0.29, 0.717) is 41.9 Å². The molecule has 1 aliphatic heterocycles. The first-order chi connectivity index (χ1) is 15.6. The van der Waals surface area contributed by atoms with Gasteiger partial charge in [-0.2, -0.15) is 0 Å². The van der Waals surface area contributed by atoms with Gasteiger partial charge < -0.3 is 29.2 Å². The van der Waals surface area contributed by atoms with Crippen LogP contribution in [0.2, 0.25) is 0 Å². The fourth-order valence-corrected chi connectivity index (χ4v) is 3.42. The van der Waals surface area contributed by atoms with Crippen LogP contribution in [0.3, 0.4) is 0 Å². The number of H-pyrrole nitrogens is 1. The highest BCUT2D eigenvalue weighted by atomic mass is 16.5. The van der Waals surface area contributed by atoms with Crippen LogP contribution in [-0.4, -0.2) is 38.3 Å². The molecule has 3 aromatic rings. The smallest absolute Gasteiger partial charge is 0.261 e. The highest BCUT2D eigenvalue weighted by Gasteiger charge is 2.14. The van der Waals surface area contributed by atoms with E-state index in [4.69, 9.17) is 18.9 Å². The molecule has 0 unspecified atom stereocenters. The summed E-state index contributed by atoms with van der Waals surface area (Å²) in [7, 11) is 3.10. The van der Waals surface area contributed by atoms with Crippen LogP contribution >= 0.6 is 0 Å². The molecule has 0 radical (unpaired) electrons. The first kappa shape index (κ1) is 21.3. The highest BCUT2D eigenvalue weighted by Crippen LogP contribution is 2.32. The Hall–Kier alpha value is -3.94. The largest absolute Gasteiger partial charge is 0.493 e. The molecule has 8 nitrogen and oxygen atoms in total. The van der Waals surface area contributed by atoms with E-state index in [0.717, 1.165) is 17.5 Å². The van der Waals surface area contributed by atoms with Gasteiger partial charge in [0.15, 0.2) is 23.0 Å². The molecule has 4 rings (SSSR count). The molecule has 0 atom stereocenters. The Morgan fingerprint density at radius 1 is 0.969 bits per heavy atom. The molecule has 1 aliphatic rings. The van der Waals surface area contributed by atoms with Gasteiger partial charge in [-0.05, 0) is 48.0 Å². The van der Waals surface area contributed by atoms with Crippen LogP contribution in [0.1, 0.15) is 22.3 Å². The van der Waals surface area contributed by atoms with Crippen molar-refractivity contribution in [1.82, 2.24) is 10.3 Å². The summed E-state index contributed by atoms with van der Waals surface area (Å²) in [6.45, 7) is 1.46. The Morgan fingerprint density at radius 2 is 1.75 bits per heavy atom. The van der Waals surface area contributed by atoms with E-state index in [1.165, 1.54) is 6.07 Å². The van der Waals surface area contributed by atoms with Crippen molar-refractivity contribution in [2.75, 3.05) is 27.4 Å². The second kappa shape index (κ2) is 9.47. The third-order valence-electron chi connectivity index (χ3n) is 5.11. The zero-order valence-corrected chi connectivity index (χ0v) is 17.9. The minimum Gasteiger partial charge on any atom is -0.493 e. The van der Waals surface area contributed by atoms with Crippen LogP contribution in [-0.2, 0) is 6.54 Å². The van der Waals surface area contributed by atoms with Gasteiger partial charge in [0.05, 0.1) is 27.4 Å². The lowest BCUT2D eigenvalue weighted by Gasteiger charge is -2.11. The summed E-state index contributed by atoms with van der Waals surface area (Å²) in [6.07, 6.45) is 0.822. The number of rotatable bonds is 6. The summed E-state index contributed by atoms with van der Waals surface area (Å²) < 4.78 is 21.8. The third kappa shape index (κ3) is 4.54. The molecular formula is C24H24N2O6. The van der Waals surface area contributed by atoms with Crippen molar-refractivity contribution >= 4 is 5.91 Å². The number of pyridine rings is 1. The Labute approximate surface area is 185 Å². The summed E-state index contributed by atoms with van der Waals surface area (Å²) >= 11 is 0. The van der Waals surface area contributed by atoms with Crippen molar-refractivity contribution in [2.24, 2.45) is 0 Å². The quantitative estimate of drug-likeness (QED) is 0.616. The number of benzene rings is 2. The second-order valence-corrected chi connectivity index (χ2v) is 7.20. The number of methoxy groups -OCH3 is 2. The van der Waals surface area contributed by atoms with Gasteiger partial charge in [-0.15, -0.1) is 0 Å². The Kier molecular flexibility index (Phi) is 6.30. The molecule has 1 aromatic heterocycles. The third-order valence-corrected chi connectivity index (χ3v) is 5.11. The maximum absolute atomic E-state index is 12.6. The fraction of sp³-hybridized carbons (Fsp3) is 0.250. The van der Waals surface area contributed by atoms with Gasteiger partial charge in [0.25, 0.3) is 11.5 Å². The first-order valence-electron chi connectivity index (χ1n) is 10.2. The minimum absolute atomic E-state index is 0.0311. The van der Waals surface area contributed by atoms with E-state index in [9.17, 15) is 9.59 Å². The molecule has 0 aliphatic carbocycles. The lowest BCUT2D eigenvalue weighted by atomic mass is 10.1. The zero-order valence-electron chi connectivity index (χ0n) is 17.9. The molecular weight excluding hydrogens is 412 g/mol. The van der Waals surface area contributed by atoms with Crippen molar-refractivity contribution in [1.29, 1.82) is 0 Å². The van der Waals surface area contributed by atoms with E-state index in [1.807, 2.05) is 18.2 Å². The van der Waals surface area contributed by atoms with Crippen molar-refractivity contribution < 1.29 is 23.7 Å². The lowest BCUT2D eigenvalue weighted by Crippen LogP contribution is -2.29. The monoisotopic (exact) mass is 436 g/mol. The molecule has 0 spiro atoms. The predicted molar refractivity (Wildman–Crippen MR) is 119 cm³/mol. The molecule has 2 aromatic carbocycles. The average molecular weight is 436 g/mol. The number of aromatic nitrogens is 1. The van der Waals surface area contributed by atoms with Crippen molar-refractivity contribution in [3.63, 3.8) is 0 Å². The minimum atomic E-state index is -0.478. The van der Waals surface area contributed by atoms with Gasteiger partial charge in [-0.25, -0.2) is 0 Å². The molecule has 2 N–H and O–H groups in total. The molecule has 0 bridgehead atoms. The number of carbonyl (C=O) groups excluding carboxylic acids is 1. The molecule has 2 heterocycles. The van der Waals surface area contributed by atoms with Gasteiger partial charge in [0.1, 0.15) is 5.56 Å². The molecule has 32 heavy (non-hydrogen) atoms. The summed E-state index contributed by atoms with van der Waals surface area (Å²) in [5, 5.41) is 2.78.